The molecule has 0 spiro atoms. The van der Waals surface area contributed by atoms with Gasteiger partial charge in [0.2, 0.25) is 0 Å². The standard InChI is InChI=1S/C14H17ClN4/c1-9(2)14-18-12(15)7-13(19-14)16-8-11-6-4-5-10(3)17-11/h4-7,9H,8H2,1-3H3,(H,16,18,19). The van der Waals surface area contributed by atoms with Gasteiger partial charge in [-0.15, -0.1) is 0 Å². The summed E-state index contributed by atoms with van der Waals surface area (Å²) in [6.45, 7) is 6.67. The van der Waals surface area contributed by atoms with Crippen molar-refractivity contribution in [2.45, 2.75) is 33.2 Å². The SMILES string of the molecule is Cc1cccc(CNc2cc(Cl)nc(C(C)C)n2)n1. The first kappa shape index (κ1) is 13.7. The summed E-state index contributed by atoms with van der Waals surface area (Å²) in [6, 6.07) is 7.67. The molecule has 0 bridgehead atoms. The molecule has 1 N–H and O–H groups in total. The molecule has 0 aromatic carbocycles. The number of rotatable bonds is 4. The van der Waals surface area contributed by atoms with Crippen LogP contribution in [-0.2, 0) is 6.54 Å². The molecule has 100 valence electrons. The number of aryl methyl sites for hydroxylation is 1. The normalized spacial score (nSPS) is 10.8. The third-order valence-corrected chi connectivity index (χ3v) is 2.82. The summed E-state index contributed by atoms with van der Waals surface area (Å²) in [6.07, 6.45) is 0. The average Bonchev–Trinajstić information content (AvgIpc) is 2.36. The predicted molar refractivity (Wildman–Crippen MR) is 77.4 cm³/mol. The van der Waals surface area contributed by atoms with Gasteiger partial charge in [0.05, 0.1) is 12.2 Å². The Hall–Kier alpha value is -1.68. The number of nitrogens with one attached hydrogen (secondary N) is 1. The lowest BCUT2D eigenvalue weighted by Gasteiger charge is -2.09. The van der Waals surface area contributed by atoms with Gasteiger partial charge >= 0.3 is 0 Å². The fourth-order valence-electron chi connectivity index (χ4n) is 1.66. The van der Waals surface area contributed by atoms with E-state index in [4.69, 9.17) is 11.6 Å². The first-order chi connectivity index (χ1) is 9.04. The number of hydrogen-bond donors (Lipinski definition) is 1. The molecule has 0 aliphatic heterocycles. The second-order valence-electron chi connectivity index (χ2n) is 4.71. The summed E-state index contributed by atoms with van der Waals surface area (Å²) in [5, 5.41) is 3.68. The van der Waals surface area contributed by atoms with Gasteiger partial charge < -0.3 is 5.32 Å². The third kappa shape index (κ3) is 3.89. The van der Waals surface area contributed by atoms with Crippen LogP contribution in [-0.4, -0.2) is 15.0 Å². The fraction of sp³-hybridized carbons (Fsp3) is 0.357. The minimum atomic E-state index is 0.247. The van der Waals surface area contributed by atoms with Crippen molar-refractivity contribution in [3.63, 3.8) is 0 Å². The summed E-state index contributed by atoms with van der Waals surface area (Å²) < 4.78 is 0. The molecule has 2 aromatic rings. The second kappa shape index (κ2) is 5.97. The molecule has 0 atom stereocenters. The summed E-state index contributed by atoms with van der Waals surface area (Å²) in [5.74, 6) is 1.72. The average molecular weight is 277 g/mol. The number of anilines is 1. The Morgan fingerprint density at radius 1 is 1.21 bits per heavy atom. The number of nitrogens with zero attached hydrogens (tertiary/aromatic N) is 3. The van der Waals surface area contributed by atoms with Gasteiger partial charge in [0.25, 0.3) is 0 Å². The van der Waals surface area contributed by atoms with Crippen molar-refractivity contribution in [1.82, 2.24) is 15.0 Å². The molecule has 2 rings (SSSR count). The predicted octanol–water partition coefficient (Wildman–Crippen LogP) is 3.57. The zero-order valence-electron chi connectivity index (χ0n) is 11.3. The lowest BCUT2D eigenvalue weighted by atomic mass is 10.2. The van der Waals surface area contributed by atoms with Gasteiger partial charge in [-0.05, 0) is 19.1 Å². The highest BCUT2D eigenvalue weighted by atomic mass is 35.5. The van der Waals surface area contributed by atoms with Crippen LogP contribution in [0.15, 0.2) is 24.3 Å². The zero-order valence-corrected chi connectivity index (χ0v) is 12.1. The molecule has 0 radical (unpaired) electrons. The van der Waals surface area contributed by atoms with Crippen LogP contribution in [0.5, 0.6) is 0 Å². The first-order valence-corrected chi connectivity index (χ1v) is 6.63. The Bertz CT molecular complexity index is 569. The van der Waals surface area contributed by atoms with Gasteiger partial charge in [0, 0.05) is 17.7 Å². The molecular formula is C14H17ClN4. The van der Waals surface area contributed by atoms with Gasteiger partial charge in [0.1, 0.15) is 16.8 Å². The number of aromatic nitrogens is 3. The number of halogens is 1. The van der Waals surface area contributed by atoms with Gasteiger partial charge in [-0.2, -0.15) is 0 Å². The van der Waals surface area contributed by atoms with E-state index in [1.807, 2.05) is 39.0 Å². The Kier molecular flexibility index (Phi) is 4.32. The molecule has 0 amide bonds. The van der Waals surface area contributed by atoms with Crippen molar-refractivity contribution in [2.75, 3.05) is 5.32 Å². The van der Waals surface area contributed by atoms with Crippen LogP contribution in [0.25, 0.3) is 0 Å². The molecule has 19 heavy (non-hydrogen) atoms. The molecule has 4 nitrogen and oxygen atoms in total. The fourth-order valence-corrected chi connectivity index (χ4v) is 1.85. The maximum absolute atomic E-state index is 5.99. The lowest BCUT2D eigenvalue weighted by Crippen LogP contribution is -2.07. The Labute approximate surface area is 118 Å². The van der Waals surface area contributed by atoms with E-state index in [-0.39, 0.29) is 5.92 Å². The van der Waals surface area contributed by atoms with Gasteiger partial charge in [-0.1, -0.05) is 31.5 Å². The van der Waals surface area contributed by atoms with Crippen LogP contribution in [0.4, 0.5) is 5.82 Å². The third-order valence-electron chi connectivity index (χ3n) is 2.63. The van der Waals surface area contributed by atoms with Crippen LogP contribution < -0.4 is 5.32 Å². The maximum atomic E-state index is 5.99. The van der Waals surface area contributed by atoms with Crippen molar-refractivity contribution >= 4 is 17.4 Å². The van der Waals surface area contributed by atoms with E-state index >= 15 is 0 Å². The molecule has 2 heterocycles. The van der Waals surface area contributed by atoms with E-state index in [0.717, 1.165) is 23.0 Å². The summed E-state index contributed by atoms with van der Waals surface area (Å²) in [5.41, 5.74) is 1.98. The van der Waals surface area contributed by atoms with Crippen molar-refractivity contribution in [2.24, 2.45) is 0 Å². The largest absolute Gasteiger partial charge is 0.364 e. The van der Waals surface area contributed by atoms with E-state index in [2.05, 4.69) is 20.3 Å². The molecule has 0 saturated heterocycles. The van der Waals surface area contributed by atoms with Gasteiger partial charge in [-0.3, -0.25) is 4.98 Å². The Morgan fingerprint density at radius 2 is 2.00 bits per heavy atom. The minimum Gasteiger partial charge on any atom is -0.364 e. The molecule has 0 saturated carbocycles. The smallest absolute Gasteiger partial charge is 0.135 e. The van der Waals surface area contributed by atoms with Crippen LogP contribution >= 0.6 is 11.6 Å². The van der Waals surface area contributed by atoms with Crippen LogP contribution in [0.3, 0.4) is 0 Å². The number of hydrogen-bond acceptors (Lipinski definition) is 4. The summed E-state index contributed by atoms with van der Waals surface area (Å²) >= 11 is 5.99. The van der Waals surface area contributed by atoms with Crippen molar-refractivity contribution in [3.05, 3.63) is 46.6 Å². The minimum absolute atomic E-state index is 0.247. The topological polar surface area (TPSA) is 50.7 Å². The summed E-state index contributed by atoms with van der Waals surface area (Å²) in [4.78, 5) is 13.1. The van der Waals surface area contributed by atoms with Crippen LogP contribution in [0.1, 0.15) is 37.0 Å². The van der Waals surface area contributed by atoms with E-state index in [1.54, 1.807) is 6.07 Å². The lowest BCUT2D eigenvalue weighted by molar-refractivity contribution is 0.774. The second-order valence-corrected chi connectivity index (χ2v) is 5.10. The monoisotopic (exact) mass is 276 g/mol. The van der Waals surface area contributed by atoms with E-state index in [1.165, 1.54) is 0 Å². The van der Waals surface area contributed by atoms with Crippen LogP contribution in [0.2, 0.25) is 5.15 Å². The molecule has 0 aliphatic rings. The summed E-state index contributed by atoms with van der Waals surface area (Å²) in [7, 11) is 0. The highest BCUT2D eigenvalue weighted by Crippen LogP contribution is 2.17. The zero-order chi connectivity index (χ0) is 13.8. The highest BCUT2D eigenvalue weighted by molar-refractivity contribution is 6.29. The molecule has 0 aliphatic carbocycles. The van der Waals surface area contributed by atoms with E-state index in [9.17, 15) is 0 Å². The highest BCUT2D eigenvalue weighted by Gasteiger charge is 2.07. The van der Waals surface area contributed by atoms with E-state index < -0.39 is 0 Å². The van der Waals surface area contributed by atoms with Crippen molar-refractivity contribution in [3.8, 4) is 0 Å². The van der Waals surface area contributed by atoms with Gasteiger partial charge in [-0.25, -0.2) is 9.97 Å². The Balaban J connectivity index is 2.11. The number of pyridine rings is 1. The Morgan fingerprint density at radius 3 is 2.68 bits per heavy atom. The molecular weight excluding hydrogens is 260 g/mol. The molecule has 5 heteroatoms. The molecule has 2 aromatic heterocycles. The van der Waals surface area contributed by atoms with Crippen molar-refractivity contribution < 1.29 is 0 Å². The quantitative estimate of drug-likeness (QED) is 0.868. The van der Waals surface area contributed by atoms with Crippen molar-refractivity contribution in [1.29, 1.82) is 0 Å². The molecule has 0 fully saturated rings. The molecule has 0 unspecified atom stereocenters. The first-order valence-electron chi connectivity index (χ1n) is 6.25. The van der Waals surface area contributed by atoms with Crippen LogP contribution in [0, 0.1) is 6.92 Å². The maximum Gasteiger partial charge on any atom is 0.135 e. The van der Waals surface area contributed by atoms with E-state index in [0.29, 0.717) is 11.7 Å². The van der Waals surface area contributed by atoms with Gasteiger partial charge in [0.15, 0.2) is 0 Å².